The van der Waals surface area contributed by atoms with Crippen LogP contribution < -0.4 is 11.1 Å². The van der Waals surface area contributed by atoms with Gasteiger partial charge in [-0.15, -0.1) is 0 Å². The third-order valence-corrected chi connectivity index (χ3v) is 3.28. The minimum absolute atomic E-state index is 0.0417. The average Bonchev–Trinajstić information content (AvgIpc) is 2.36. The van der Waals surface area contributed by atoms with Gasteiger partial charge < -0.3 is 11.1 Å². The van der Waals surface area contributed by atoms with Gasteiger partial charge in [-0.2, -0.15) is 0 Å². The van der Waals surface area contributed by atoms with Crippen molar-refractivity contribution in [3.63, 3.8) is 0 Å². The summed E-state index contributed by atoms with van der Waals surface area (Å²) in [5.74, 6) is -0.876. The van der Waals surface area contributed by atoms with Crippen molar-refractivity contribution >= 4 is 34.3 Å². The minimum Gasteiger partial charge on any atom is -0.370 e. The number of carbonyl (C=O) groups excluding carboxylic acids is 2. The van der Waals surface area contributed by atoms with E-state index < -0.39 is 17.4 Å². The first-order valence-electron chi connectivity index (χ1n) is 6.44. The molecule has 1 heterocycles. The lowest BCUT2D eigenvalue weighted by Crippen LogP contribution is -2.46. The fourth-order valence-corrected chi connectivity index (χ4v) is 2.36. The van der Waals surface area contributed by atoms with Crippen LogP contribution in [0.15, 0.2) is 30.3 Å². The Kier molecular flexibility index (Phi) is 4.14. The molecule has 3 N–H and O–H groups in total. The number of para-hydroxylation sites is 1. The molecular formula is C15H16ClN3O2. The summed E-state index contributed by atoms with van der Waals surface area (Å²) in [7, 11) is 0. The number of nitrogens with zero attached hydrogens (tertiary/aromatic N) is 1. The van der Waals surface area contributed by atoms with E-state index in [1.807, 2.05) is 18.2 Å². The van der Waals surface area contributed by atoms with Crippen LogP contribution >= 0.6 is 11.6 Å². The second-order valence-corrected chi connectivity index (χ2v) is 5.89. The van der Waals surface area contributed by atoms with E-state index in [1.54, 1.807) is 19.9 Å². The molecule has 2 aromatic rings. The summed E-state index contributed by atoms with van der Waals surface area (Å²) in [5, 5.41) is 3.98. The standard InChI is InChI=1S/C15H16ClN3O2/c1-15(2,8-13(17)20)19-14(21)12-7-10(16)9-5-3-4-6-11(9)18-12/h3-7H,8H2,1-2H3,(H2,17,20)(H,19,21). The van der Waals surface area contributed by atoms with Crippen LogP contribution in [-0.2, 0) is 4.79 Å². The van der Waals surface area contributed by atoms with Crippen molar-refractivity contribution in [2.45, 2.75) is 25.8 Å². The van der Waals surface area contributed by atoms with Crippen LogP contribution in [0.2, 0.25) is 5.02 Å². The zero-order chi connectivity index (χ0) is 15.6. The fraction of sp³-hybridized carbons (Fsp3) is 0.267. The Balaban J connectivity index is 2.30. The van der Waals surface area contributed by atoms with Crippen LogP contribution in [0.5, 0.6) is 0 Å². The molecule has 6 heteroatoms. The topological polar surface area (TPSA) is 85.1 Å². The van der Waals surface area contributed by atoms with Crippen LogP contribution in [0.4, 0.5) is 0 Å². The summed E-state index contributed by atoms with van der Waals surface area (Å²) < 4.78 is 0. The number of carbonyl (C=O) groups is 2. The monoisotopic (exact) mass is 305 g/mol. The van der Waals surface area contributed by atoms with Gasteiger partial charge in [0.2, 0.25) is 5.91 Å². The number of benzene rings is 1. The largest absolute Gasteiger partial charge is 0.370 e. The summed E-state index contributed by atoms with van der Waals surface area (Å²) in [6.07, 6.45) is 0.0417. The summed E-state index contributed by atoms with van der Waals surface area (Å²) in [5.41, 5.74) is 5.26. The van der Waals surface area contributed by atoms with Crippen LogP contribution in [0.3, 0.4) is 0 Å². The Morgan fingerprint density at radius 1 is 1.33 bits per heavy atom. The number of pyridine rings is 1. The number of aromatic nitrogens is 1. The molecule has 0 unspecified atom stereocenters. The number of amides is 2. The molecule has 0 aliphatic rings. The third kappa shape index (κ3) is 3.70. The van der Waals surface area contributed by atoms with Crippen LogP contribution in [0.1, 0.15) is 30.8 Å². The Labute approximate surface area is 127 Å². The van der Waals surface area contributed by atoms with Gasteiger partial charge in [-0.05, 0) is 26.0 Å². The van der Waals surface area contributed by atoms with Gasteiger partial charge in [0, 0.05) is 17.3 Å². The quantitative estimate of drug-likeness (QED) is 0.908. The second-order valence-electron chi connectivity index (χ2n) is 5.49. The number of primary amides is 1. The number of hydrogen-bond donors (Lipinski definition) is 2. The first-order valence-corrected chi connectivity index (χ1v) is 6.82. The molecule has 1 aromatic carbocycles. The lowest BCUT2D eigenvalue weighted by Gasteiger charge is -2.24. The molecule has 0 saturated carbocycles. The summed E-state index contributed by atoms with van der Waals surface area (Å²) in [4.78, 5) is 27.5. The van der Waals surface area contributed by atoms with Crippen molar-refractivity contribution in [3.8, 4) is 0 Å². The molecule has 5 nitrogen and oxygen atoms in total. The number of fused-ring (bicyclic) bond motifs is 1. The SMILES string of the molecule is CC(C)(CC(N)=O)NC(=O)c1cc(Cl)c2ccccc2n1. The number of halogens is 1. The highest BCUT2D eigenvalue weighted by Gasteiger charge is 2.24. The lowest BCUT2D eigenvalue weighted by molar-refractivity contribution is -0.119. The van der Waals surface area contributed by atoms with Gasteiger partial charge in [-0.1, -0.05) is 29.8 Å². The molecule has 0 radical (unpaired) electrons. The normalized spacial score (nSPS) is 11.4. The van der Waals surface area contributed by atoms with E-state index >= 15 is 0 Å². The molecule has 0 bridgehead atoms. The van der Waals surface area contributed by atoms with Gasteiger partial charge >= 0.3 is 0 Å². The van der Waals surface area contributed by atoms with Crippen LogP contribution in [0, 0.1) is 0 Å². The molecule has 0 fully saturated rings. The highest BCUT2D eigenvalue weighted by Crippen LogP contribution is 2.23. The third-order valence-electron chi connectivity index (χ3n) is 2.97. The first kappa shape index (κ1) is 15.3. The van der Waals surface area contributed by atoms with Gasteiger partial charge in [0.15, 0.2) is 0 Å². The summed E-state index contributed by atoms with van der Waals surface area (Å²) >= 11 is 6.17. The average molecular weight is 306 g/mol. The Bertz CT molecular complexity index is 713. The van der Waals surface area contributed by atoms with E-state index in [-0.39, 0.29) is 12.1 Å². The van der Waals surface area contributed by atoms with Crippen molar-refractivity contribution in [2.75, 3.05) is 0 Å². The number of nitrogens with two attached hydrogens (primary N) is 1. The van der Waals surface area contributed by atoms with Crippen molar-refractivity contribution in [3.05, 3.63) is 41.0 Å². The molecule has 21 heavy (non-hydrogen) atoms. The molecule has 0 aliphatic heterocycles. The Hall–Kier alpha value is -2.14. The molecule has 2 rings (SSSR count). The van der Waals surface area contributed by atoms with E-state index in [0.29, 0.717) is 10.5 Å². The van der Waals surface area contributed by atoms with Gasteiger partial charge in [0.25, 0.3) is 5.91 Å². The Morgan fingerprint density at radius 3 is 2.67 bits per heavy atom. The second kappa shape index (κ2) is 5.69. The van der Waals surface area contributed by atoms with E-state index in [2.05, 4.69) is 10.3 Å². The van der Waals surface area contributed by atoms with E-state index in [9.17, 15) is 9.59 Å². The summed E-state index contributed by atoms with van der Waals surface area (Å²) in [6.45, 7) is 3.44. The predicted octanol–water partition coefficient (Wildman–Crippen LogP) is 2.27. The molecule has 1 aromatic heterocycles. The van der Waals surface area contributed by atoms with Gasteiger partial charge in [-0.3, -0.25) is 9.59 Å². The molecule has 2 amide bonds. The number of rotatable bonds is 4. The molecule has 0 atom stereocenters. The maximum atomic E-state index is 12.3. The molecule has 0 saturated heterocycles. The fourth-order valence-electron chi connectivity index (χ4n) is 2.10. The van der Waals surface area contributed by atoms with Crippen molar-refractivity contribution in [2.24, 2.45) is 5.73 Å². The smallest absolute Gasteiger partial charge is 0.270 e. The predicted molar refractivity (Wildman–Crippen MR) is 82.1 cm³/mol. The number of hydrogen-bond acceptors (Lipinski definition) is 3. The van der Waals surface area contributed by atoms with Crippen molar-refractivity contribution in [1.82, 2.24) is 10.3 Å². The number of nitrogens with one attached hydrogen (secondary N) is 1. The van der Waals surface area contributed by atoms with E-state index in [4.69, 9.17) is 17.3 Å². The first-order chi connectivity index (χ1) is 9.78. The zero-order valence-corrected chi connectivity index (χ0v) is 12.6. The van der Waals surface area contributed by atoms with Gasteiger partial charge in [0.1, 0.15) is 5.69 Å². The molecule has 0 spiro atoms. The molecule has 0 aliphatic carbocycles. The summed E-state index contributed by atoms with van der Waals surface area (Å²) in [6, 6.07) is 8.81. The Morgan fingerprint density at radius 2 is 2.00 bits per heavy atom. The van der Waals surface area contributed by atoms with E-state index in [1.165, 1.54) is 6.07 Å². The zero-order valence-electron chi connectivity index (χ0n) is 11.8. The van der Waals surface area contributed by atoms with Gasteiger partial charge in [-0.25, -0.2) is 4.98 Å². The molecule has 110 valence electrons. The highest BCUT2D eigenvalue weighted by atomic mass is 35.5. The lowest BCUT2D eigenvalue weighted by atomic mass is 10.00. The van der Waals surface area contributed by atoms with Crippen molar-refractivity contribution in [1.29, 1.82) is 0 Å². The van der Waals surface area contributed by atoms with Gasteiger partial charge in [0.05, 0.1) is 10.5 Å². The van der Waals surface area contributed by atoms with Crippen molar-refractivity contribution < 1.29 is 9.59 Å². The molecular weight excluding hydrogens is 290 g/mol. The van der Waals surface area contributed by atoms with Crippen LogP contribution in [0.25, 0.3) is 10.9 Å². The maximum absolute atomic E-state index is 12.3. The highest BCUT2D eigenvalue weighted by molar-refractivity contribution is 6.35. The minimum atomic E-state index is -0.747. The maximum Gasteiger partial charge on any atom is 0.270 e. The van der Waals surface area contributed by atoms with E-state index in [0.717, 1.165) is 5.39 Å². The van der Waals surface area contributed by atoms with Crippen LogP contribution in [-0.4, -0.2) is 22.3 Å².